The molecule has 0 saturated heterocycles. The normalized spacial score (nSPS) is 11.5. The topological polar surface area (TPSA) is 63.8 Å². The van der Waals surface area contributed by atoms with Crippen LogP contribution in [0.2, 0.25) is 10.0 Å². The molecule has 4 nitrogen and oxygen atoms in total. The summed E-state index contributed by atoms with van der Waals surface area (Å²) in [6.07, 6.45) is -4.62. The Kier molecular flexibility index (Phi) is 4.03. The third kappa shape index (κ3) is 3.30. The summed E-state index contributed by atoms with van der Waals surface area (Å²) < 4.78 is 38.2. The van der Waals surface area contributed by atoms with Gasteiger partial charge in [0.1, 0.15) is 0 Å². The first-order valence-corrected chi connectivity index (χ1v) is 5.94. The van der Waals surface area contributed by atoms with Crippen molar-refractivity contribution < 1.29 is 13.2 Å². The van der Waals surface area contributed by atoms with Gasteiger partial charge in [-0.2, -0.15) is 13.2 Å². The SMILES string of the molecule is NNc1nc(-c2cc(Cl)cc(Cl)c2)cc(C(F)(F)F)n1. The van der Waals surface area contributed by atoms with Gasteiger partial charge in [-0.3, -0.25) is 5.43 Å². The standard InChI is InChI=1S/C11H7Cl2F3N4/c12-6-1-5(2-7(13)3-6)8-4-9(11(14,15)16)19-10(18-8)20-17/h1-4H,17H2,(H,18,19,20). The van der Waals surface area contributed by atoms with Crippen molar-refractivity contribution in [1.29, 1.82) is 0 Å². The predicted molar refractivity (Wildman–Crippen MR) is 70.3 cm³/mol. The number of nitrogens with two attached hydrogens (primary N) is 1. The number of hydrogen-bond acceptors (Lipinski definition) is 4. The third-order valence-electron chi connectivity index (χ3n) is 2.30. The van der Waals surface area contributed by atoms with Crippen molar-refractivity contribution in [3.63, 3.8) is 0 Å². The van der Waals surface area contributed by atoms with Gasteiger partial charge in [0.25, 0.3) is 0 Å². The Bertz CT molecular complexity index is 626. The van der Waals surface area contributed by atoms with Crippen molar-refractivity contribution in [3.05, 3.63) is 40.0 Å². The molecule has 0 amide bonds. The number of aromatic nitrogens is 2. The molecule has 0 aliphatic carbocycles. The van der Waals surface area contributed by atoms with E-state index >= 15 is 0 Å². The molecule has 0 radical (unpaired) electrons. The lowest BCUT2D eigenvalue weighted by Gasteiger charge is -2.10. The number of benzene rings is 1. The summed E-state index contributed by atoms with van der Waals surface area (Å²) in [5.74, 6) is 4.72. The largest absolute Gasteiger partial charge is 0.433 e. The predicted octanol–water partition coefficient (Wildman–Crippen LogP) is 3.75. The van der Waals surface area contributed by atoms with Gasteiger partial charge in [0.15, 0.2) is 5.69 Å². The molecule has 9 heteroatoms. The Labute approximate surface area is 121 Å². The number of alkyl halides is 3. The molecular formula is C11H7Cl2F3N4. The molecule has 1 aromatic heterocycles. The number of nitrogen functional groups attached to an aromatic ring is 1. The number of rotatable bonds is 2. The van der Waals surface area contributed by atoms with Gasteiger partial charge in [0, 0.05) is 15.6 Å². The summed E-state index contributed by atoms with van der Waals surface area (Å²) in [4.78, 5) is 7.11. The highest BCUT2D eigenvalue weighted by atomic mass is 35.5. The second-order valence-corrected chi connectivity index (χ2v) is 4.64. The van der Waals surface area contributed by atoms with Crippen LogP contribution in [0.1, 0.15) is 5.69 Å². The maximum absolute atomic E-state index is 12.7. The number of nitrogens with one attached hydrogen (secondary N) is 1. The van der Waals surface area contributed by atoms with E-state index in [2.05, 4.69) is 9.97 Å². The Morgan fingerprint density at radius 3 is 2.10 bits per heavy atom. The molecular weight excluding hydrogens is 316 g/mol. The van der Waals surface area contributed by atoms with Gasteiger partial charge in [-0.15, -0.1) is 0 Å². The summed E-state index contributed by atoms with van der Waals surface area (Å²) in [6.45, 7) is 0. The van der Waals surface area contributed by atoms with E-state index in [0.29, 0.717) is 5.56 Å². The fourth-order valence-electron chi connectivity index (χ4n) is 1.51. The fourth-order valence-corrected chi connectivity index (χ4v) is 2.03. The molecule has 0 aliphatic rings. The van der Waals surface area contributed by atoms with E-state index in [1.807, 2.05) is 5.43 Å². The zero-order chi connectivity index (χ0) is 14.9. The molecule has 106 valence electrons. The maximum atomic E-state index is 12.7. The summed E-state index contributed by atoms with van der Waals surface area (Å²) in [7, 11) is 0. The highest BCUT2D eigenvalue weighted by molar-refractivity contribution is 6.35. The Balaban J connectivity index is 2.61. The summed E-state index contributed by atoms with van der Waals surface area (Å²) >= 11 is 11.6. The smallest absolute Gasteiger partial charge is 0.292 e. The lowest BCUT2D eigenvalue weighted by molar-refractivity contribution is -0.141. The molecule has 0 aliphatic heterocycles. The minimum Gasteiger partial charge on any atom is -0.292 e. The molecule has 20 heavy (non-hydrogen) atoms. The van der Waals surface area contributed by atoms with Gasteiger partial charge in [-0.25, -0.2) is 15.8 Å². The lowest BCUT2D eigenvalue weighted by atomic mass is 10.1. The zero-order valence-corrected chi connectivity index (χ0v) is 11.2. The van der Waals surface area contributed by atoms with Crippen molar-refractivity contribution in [2.24, 2.45) is 5.84 Å². The minimum atomic E-state index is -4.62. The molecule has 0 atom stereocenters. The molecule has 3 N–H and O–H groups in total. The van der Waals surface area contributed by atoms with Crippen LogP contribution in [0.5, 0.6) is 0 Å². The number of hydrazine groups is 1. The van der Waals surface area contributed by atoms with Crippen molar-refractivity contribution in [1.82, 2.24) is 9.97 Å². The van der Waals surface area contributed by atoms with Crippen molar-refractivity contribution in [2.75, 3.05) is 5.43 Å². The number of anilines is 1. The average molecular weight is 323 g/mol. The van der Waals surface area contributed by atoms with E-state index < -0.39 is 11.9 Å². The molecule has 0 unspecified atom stereocenters. The van der Waals surface area contributed by atoms with Crippen LogP contribution in [0.25, 0.3) is 11.3 Å². The maximum Gasteiger partial charge on any atom is 0.433 e. The van der Waals surface area contributed by atoms with Crippen LogP contribution in [0.4, 0.5) is 19.1 Å². The Hall–Kier alpha value is -1.57. The van der Waals surface area contributed by atoms with E-state index in [1.165, 1.54) is 18.2 Å². The van der Waals surface area contributed by atoms with E-state index in [4.69, 9.17) is 29.0 Å². The summed E-state index contributed by atoms with van der Waals surface area (Å²) in [6, 6.07) is 5.13. The van der Waals surface area contributed by atoms with Gasteiger partial charge in [0.2, 0.25) is 5.95 Å². The molecule has 0 saturated carbocycles. The van der Waals surface area contributed by atoms with Crippen LogP contribution in [0, 0.1) is 0 Å². The molecule has 0 fully saturated rings. The van der Waals surface area contributed by atoms with Crippen LogP contribution in [0.3, 0.4) is 0 Å². The van der Waals surface area contributed by atoms with Crippen LogP contribution in [0.15, 0.2) is 24.3 Å². The third-order valence-corrected chi connectivity index (χ3v) is 2.74. The summed E-state index contributed by atoms with van der Waals surface area (Å²) in [5, 5.41) is 0.559. The van der Waals surface area contributed by atoms with Gasteiger partial charge in [-0.1, -0.05) is 23.2 Å². The minimum absolute atomic E-state index is 0.00433. The fraction of sp³-hybridized carbons (Fsp3) is 0.0909. The van der Waals surface area contributed by atoms with Crippen LogP contribution in [-0.2, 0) is 6.18 Å². The van der Waals surface area contributed by atoms with Gasteiger partial charge in [0.05, 0.1) is 5.69 Å². The summed E-state index contributed by atoms with van der Waals surface area (Å²) in [5.41, 5.74) is 1.20. The molecule has 1 aromatic carbocycles. The molecule has 0 spiro atoms. The van der Waals surface area contributed by atoms with E-state index in [-0.39, 0.29) is 21.7 Å². The first kappa shape index (κ1) is 14.8. The van der Waals surface area contributed by atoms with Crippen LogP contribution < -0.4 is 11.3 Å². The highest BCUT2D eigenvalue weighted by Gasteiger charge is 2.33. The second kappa shape index (κ2) is 5.43. The highest BCUT2D eigenvalue weighted by Crippen LogP contribution is 2.32. The second-order valence-electron chi connectivity index (χ2n) is 3.76. The zero-order valence-electron chi connectivity index (χ0n) is 9.67. The Morgan fingerprint density at radius 2 is 1.60 bits per heavy atom. The molecule has 1 heterocycles. The van der Waals surface area contributed by atoms with E-state index in [0.717, 1.165) is 6.07 Å². The monoisotopic (exact) mass is 322 g/mol. The average Bonchev–Trinajstić information content (AvgIpc) is 2.36. The van der Waals surface area contributed by atoms with Crippen molar-refractivity contribution >= 4 is 29.2 Å². The number of halogens is 5. The van der Waals surface area contributed by atoms with Crippen LogP contribution >= 0.6 is 23.2 Å². The van der Waals surface area contributed by atoms with Gasteiger partial charge in [-0.05, 0) is 24.3 Å². The number of nitrogens with zero attached hydrogens (tertiary/aromatic N) is 2. The number of hydrogen-bond donors (Lipinski definition) is 2. The van der Waals surface area contributed by atoms with E-state index in [9.17, 15) is 13.2 Å². The van der Waals surface area contributed by atoms with Gasteiger partial charge >= 0.3 is 6.18 Å². The Morgan fingerprint density at radius 1 is 1.00 bits per heavy atom. The molecule has 2 aromatic rings. The first-order chi connectivity index (χ1) is 9.29. The van der Waals surface area contributed by atoms with E-state index in [1.54, 1.807) is 0 Å². The lowest BCUT2D eigenvalue weighted by Crippen LogP contribution is -2.15. The molecule has 0 bridgehead atoms. The molecule has 2 rings (SSSR count). The van der Waals surface area contributed by atoms with Crippen molar-refractivity contribution in [3.8, 4) is 11.3 Å². The quantitative estimate of drug-likeness (QED) is 0.652. The first-order valence-electron chi connectivity index (χ1n) is 5.19. The van der Waals surface area contributed by atoms with Crippen LogP contribution in [-0.4, -0.2) is 9.97 Å². The van der Waals surface area contributed by atoms with Crippen molar-refractivity contribution in [2.45, 2.75) is 6.18 Å². The van der Waals surface area contributed by atoms with Gasteiger partial charge < -0.3 is 0 Å².